The van der Waals surface area contributed by atoms with Crippen LogP contribution < -0.4 is 0 Å². The Morgan fingerprint density at radius 1 is 1.58 bits per heavy atom. The number of aliphatic hydroxyl groups excluding tert-OH is 1. The minimum absolute atomic E-state index is 0.0567. The summed E-state index contributed by atoms with van der Waals surface area (Å²) in [5, 5.41) is 9.04. The average molecular weight is 173 g/mol. The summed E-state index contributed by atoms with van der Waals surface area (Å²) in [5.41, 5.74) is -0.328. The molecule has 0 aliphatic rings. The third kappa shape index (κ3) is 2.57. The molecular formula is C9H19NO2. The van der Waals surface area contributed by atoms with Crippen LogP contribution in [0.1, 0.15) is 27.7 Å². The Kier molecular flexibility index (Phi) is 3.87. The number of nitrogens with zero attached hydrogens (tertiary/aromatic N) is 1. The Morgan fingerprint density at radius 3 is 2.25 bits per heavy atom. The summed E-state index contributed by atoms with van der Waals surface area (Å²) in [5.74, 6) is 0.124. The minimum Gasteiger partial charge on any atom is -0.394 e. The fraction of sp³-hybridized carbons (Fsp3) is 0.889. The van der Waals surface area contributed by atoms with Crippen molar-refractivity contribution < 1.29 is 9.90 Å². The van der Waals surface area contributed by atoms with Gasteiger partial charge in [0, 0.05) is 5.54 Å². The number of hydrogen-bond donors (Lipinski definition) is 1. The van der Waals surface area contributed by atoms with Crippen molar-refractivity contribution in [2.75, 3.05) is 13.7 Å². The van der Waals surface area contributed by atoms with Gasteiger partial charge in [-0.2, -0.15) is 0 Å². The van der Waals surface area contributed by atoms with Gasteiger partial charge < -0.3 is 5.11 Å². The molecule has 0 aromatic heterocycles. The van der Waals surface area contributed by atoms with Crippen LogP contribution in [0.4, 0.5) is 0 Å². The van der Waals surface area contributed by atoms with Crippen LogP contribution in [0.2, 0.25) is 0 Å². The maximum atomic E-state index is 11.0. The van der Waals surface area contributed by atoms with Crippen molar-refractivity contribution in [3.05, 3.63) is 0 Å². The monoisotopic (exact) mass is 173 g/mol. The number of Topliss-reactive ketones (excluding diaryl/α,β-unsaturated/α-hetero) is 1. The highest BCUT2D eigenvalue weighted by Gasteiger charge is 2.28. The maximum Gasteiger partial charge on any atom is 0.146 e. The molecule has 0 aromatic rings. The summed E-state index contributed by atoms with van der Waals surface area (Å²) in [6.07, 6.45) is 0. The zero-order valence-electron chi connectivity index (χ0n) is 8.59. The molecule has 3 heteroatoms. The summed E-state index contributed by atoms with van der Waals surface area (Å²) in [4.78, 5) is 12.9. The lowest BCUT2D eigenvalue weighted by atomic mass is 10.0. The van der Waals surface area contributed by atoms with Gasteiger partial charge in [-0.25, -0.2) is 0 Å². The molecule has 0 aliphatic carbocycles. The molecule has 0 spiro atoms. The number of aliphatic hydroxyl groups is 1. The van der Waals surface area contributed by atoms with Crippen molar-refractivity contribution in [2.24, 2.45) is 0 Å². The largest absolute Gasteiger partial charge is 0.394 e. The fourth-order valence-corrected chi connectivity index (χ4v) is 0.908. The van der Waals surface area contributed by atoms with E-state index < -0.39 is 0 Å². The van der Waals surface area contributed by atoms with Crippen LogP contribution in [0.25, 0.3) is 0 Å². The van der Waals surface area contributed by atoms with Gasteiger partial charge >= 0.3 is 0 Å². The summed E-state index contributed by atoms with van der Waals surface area (Å²) in [6.45, 7) is 7.29. The fourth-order valence-electron chi connectivity index (χ4n) is 0.908. The van der Waals surface area contributed by atoms with Crippen molar-refractivity contribution in [2.45, 2.75) is 39.3 Å². The van der Waals surface area contributed by atoms with E-state index in [1.165, 1.54) is 0 Å². The van der Waals surface area contributed by atoms with Crippen LogP contribution in [0, 0.1) is 0 Å². The molecule has 0 fully saturated rings. The van der Waals surface area contributed by atoms with Gasteiger partial charge in [0.05, 0.1) is 12.6 Å². The van der Waals surface area contributed by atoms with Crippen LogP contribution in [0.5, 0.6) is 0 Å². The van der Waals surface area contributed by atoms with E-state index >= 15 is 0 Å². The Balaban J connectivity index is 4.37. The van der Waals surface area contributed by atoms with E-state index in [-0.39, 0.29) is 24.0 Å². The zero-order valence-corrected chi connectivity index (χ0v) is 8.59. The van der Waals surface area contributed by atoms with Crippen LogP contribution in [-0.2, 0) is 4.79 Å². The first-order valence-electron chi connectivity index (χ1n) is 4.17. The van der Waals surface area contributed by atoms with Crippen LogP contribution in [0.15, 0.2) is 0 Å². The van der Waals surface area contributed by atoms with Crippen LogP contribution in [-0.4, -0.2) is 41.0 Å². The van der Waals surface area contributed by atoms with Crippen molar-refractivity contribution in [1.82, 2.24) is 4.90 Å². The first-order chi connectivity index (χ1) is 5.33. The van der Waals surface area contributed by atoms with Gasteiger partial charge in [0.2, 0.25) is 0 Å². The van der Waals surface area contributed by atoms with Gasteiger partial charge in [-0.15, -0.1) is 0 Å². The second-order valence-electron chi connectivity index (χ2n) is 3.87. The van der Waals surface area contributed by atoms with E-state index in [1.54, 1.807) is 6.92 Å². The van der Waals surface area contributed by atoms with Gasteiger partial charge in [-0.1, -0.05) is 0 Å². The molecule has 1 atom stereocenters. The quantitative estimate of drug-likeness (QED) is 0.679. The van der Waals surface area contributed by atoms with Gasteiger partial charge in [0.15, 0.2) is 0 Å². The molecule has 0 saturated carbocycles. The second kappa shape index (κ2) is 4.01. The number of likely N-dealkylation sites (N-methyl/N-ethyl adjacent to an activating group) is 1. The van der Waals surface area contributed by atoms with Crippen LogP contribution >= 0.6 is 0 Å². The Hall–Kier alpha value is -0.410. The highest BCUT2D eigenvalue weighted by atomic mass is 16.3. The maximum absolute atomic E-state index is 11.0. The van der Waals surface area contributed by atoms with Gasteiger partial charge in [0.1, 0.15) is 5.78 Å². The molecule has 72 valence electrons. The lowest BCUT2D eigenvalue weighted by Gasteiger charge is -2.37. The summed E-state index contributed by atoms with van der Waals surface area (Å²) >= 11 is 0. The predicted octanol–water partition coefficient (Wildman–Crippen LogP) is 0.667. The Morgan fingerprint density at radius 2 is 2.00 bits per heavy atom. The lowest BCUT2D eigenvalue weighted by Crippen LogP contribution is -2.51. The topological polar surface area (TPSA) is 40.5 Å². The molecule has 0 bridgehead atoms. The smallest absolute Gasteiger partial charge is 0.146 e. The predicted molar refractivity (Wildman–Crippen MR) is 49.1 cm³/mol. The third-order valence-corrected chi connectivity index (χ3v) is 2.51. The average Bonchev–Trinajstić information content (AvgIpc) is 2.01. The molecule has 0 rings (SSSR count). The van der Waals surface area contributed by atoms with E-state index in [1.807, 2.05) is 32.7 Å². The zero-order chi connectivity index (χ0) is 9.94. The van der Waals surface area contributed by atoms with Crippen molar-refractivity contribution in [1.29, 1.82) is 0 Å². The van der Waals surface area contributed by atoms with E-state index in [4.69, 9.17) is 5.11 Å². The summed E-state index contributed by atoms with van der Waals surface area (Å²) < 4.78 is 0. The molecule has 1 unspecified atom stereocenters. The molecule has 0 saturated heterocycles. The first-order valence-corrected chi connectivity index (χ1v) is 4.17. The molecule has 3 nitrogen and oxygen atoms in total. The Labute approximate surface area is 74.4 Å². The molecule has 0 amide bonds. The second-order valence-corrected chi connectivity index (χ2v) is 3.87. The molecule has 0 aliphatic heterocycles. The van der Waals surface area contributed by atoms with E-state index in [0.29, 0.717) is 0 Å². The van der Waals surface area contributed by atoms with Crippen molar-refractivity contribution in [3.63, 3.8) is 0 Å². The normalized spacial score (nSPS) is 14.9. The highest BCUT2D eigenvalue weighted by molar-refractivity contribution is 5.81. The standard InChI is InChI=1S/C9H19NO2/c1-7(8(2)12)10(5)9(3,4)6-11/h7,11H,6H2,1-5H3. The van der Waals surface area contributed by atoms with Gasteiger partial charge in [-0.3, -0.25) is 9.69 Å². The minimum atomic E-state index is -0.328. The first kappa shape index (κ1) is 11.6. The van der Waals surface area contributed by atoms with E-state index in [9.17, 15) is 4.79 Å². The molecule has 0 radical (unpaired) electrons. The molecule has 0 aromatic carbocycles. The van der Waals surface area contributed by atoms with Gasteiger partial charge in [-0.05, 0) is 34.7 Å². The van der Waals surface area contributed by atoms with Crippen LogP contribution in [0.3, 0.4) is 0 Å². The van der Waals surface area contributed by atoms with E-state index in [0.717, 1.165) is 0 Å². The third-order valence-electron chi connectivity index (χ3n) is 2.51. The molecule has 12 heavy (non-hydrogen) atoms. The lowest BCUT2D eigenvalue weighted by molar-refractivity contribution is -0.123. The number of carbonyl (C=O) groups excluding carboxylic acids is 1. The molecular weight excluding hydrogens is 154 g/mol. The number of rotatable bonds is 4. The van der Waals surface area contributed by atoms with E-state index in [2.05, 4.69) is 0 Å². The van der Waals surface area contributed by atoms with Crippen molar-refractivity contribution >= 4 is 5.78 Å². The number of ketones is 1. The molecule has 0 heterocycles. The summed E-state index contributed by atoms with van der Waals surface area (Å²) in [7, 11) is 1.85. The summed E-state index contributed by atoms with van der Waals surface area (Å²) in [6, 6.07) is -0.132. The number of carbonyl (C=O) groups is 1. The van der Waals surface area contributed by atoms with Gasteiger partial charge in [0.25, 0.3) is 0 Å². The molecule has 1 N–H and O–H groups in total. The van der Waals surface area contributed by atoms with Crippen molar-refractivity contribution in [3.8, 4) is 0 Å². The number of hydrogen-bond acceptors (Lipinski definition) is 3. The Bertz CT molecular complexity index is 166. The highest BCUT2D eigenvalue weighted by Crippen LogP contribution is 2.14. The SMILES string of the molecule is CC(=O)C(C)N(C)C(C)(C)CO.